The molecular formula is C23H24Cl2N2O8S2. The van der Waals surface area contributed by atoms with Gasteiger partial charge in [0.05, 0.1) is 26.3 Å². The van der Waals surface area contributed by atoms with Crippen LogP contribution in [0.25, 0.3) is 17.2 Å². The molecule has 200 valence electrons. The van der Waals surface area contributed by atoms with Gasteiger partial charge in [0.1, 0.15) is 6.08 Å². The SMILES string of the molecule is CC(CC[n+]1c(C=C2Oc3ccc(Cl)cc3N2CCC(C)S(=O)(=O)O)oc2ccc(Cl)cc21)S(=O)(=O)[O-]. The molecule has 1 aliphatic rings. The van der Waals surface area contributed by atoms with Crippen LogP contribution < -0.4 is 14.2 Å². The maximum atomic E-state index is 11.6. The average molecular weight is 591 g/mol. The molecule has 1 aromatic heterocycles. The molecule has 2 heterocycles. The van der Waals surface area contributed by atoms with Crippen LogP contribution in [0.4, 0.5) is 5.69 Å². The van der Waals surface area contributed by atoms with Crippen molar-refractivity contribution in [3.8, 4) is 5.75 Å². The third-order valence-electron chi connectivity index (χ3n) is 6.15. The molecule has 10 nitrogen and oxygen atoms in total. The zero-order chi connectivity index (χ0) is 27.1. The van der Waals surface area contributed by atoms with Gasteiger partial charge in [-0.15, -0.1) is 0 Å². The van der Waals surface area contributed by atoms with Crippen molar-refractivity contribution >= 4 is 66.3 Å². The summed E-state index contributed by atoms with van der Waals surface area (Å²) >= 11 is 12.4. The molecule has 1 N–H and O–H groups in total. The van der Waals surface area contributed by atoms with Crippen LogP contribution >= 0.6 is 23.2 Å². The number of aromatic nitrogens is 1. The Morgan fingerprint density at radius 2 is 1.73 bits per heavy atom. The molecule has 2 atom stereocenters. The molecule has 0 bridgehead atoms. The first-order chi connectivity index (χ1) is 17.2. The second kappa shape index (κ2) is 10.4. The Hall–Kier alpha value is -2.35. The Bertz CT molecular complexity index is 1590. The maximum Gasteiger partial charge on any atom is 0.379 e. The van der Waals surface area contributed by atoms with Crippen molar-refractivity contribution in [2.24, 2.45) is 0 Å². The summed E-state index contributed by atoms with van der Waals surface area (Å²) < 4.78 is 80.6. The first-order valence-electron chi connectivity index (χ1n) is 11.2. The van der Waals surface area contributed by atoms with Gasteiger partial charge in [0.25, 0.3) is 15.6 Å². The van der Waals surface area contributed by atoms with E-state index in [1.165, 1.54) is 13.8 Å². The highest BCUT2D eigenvalue weighted by atomic mass is 35.5. The van der Waals surface area contributed by atoms with E-state index in [0.29, 0.717) is 38.5 Å². The Labute approximate surface area is 224 Å². The standard InChI is InChI=1S/C23H24Cl2N2O8S2/c1-14(36(28,29)30)7-9-26-18-11-16(24)3-5-20(18)34-22(26)13-23-27(10-8-15(2)37(31,32)33)19-12-17(25)4-6-21(19)35-23/h3-6,11-15H,7-10H2,1-2H3,(H-,28,29,30,31,32,33). The minimum Gasteiger partial charge on any atom is -0.748 e. The van der Waals surface area contributed by atoms with E-state index in [-0.39, 0.29) is 31.8 Å². The fourth-order valence-electron chi connectivity index (χ4n) is 3.85. The first kappa shape index (κ1) is 27.7. The van der Waals surface area contributed by atoms with Crippen molar-refractivity contribution in [2.75, 3.05) is 11.4 Å². The van der Waals surface area contributed by atoms with Crippen molar-refractivity contribution in [1.82, 2.24) is 0 Å². The van der Waals surface area contributed by atoms with Gasteiger partial charge in [-0.25, -0.2) is 8.42 Å². The van der Waals surface area contributed by atoms with Crippen LogP contribution in [-0.4, -0.2) is 43.0 Å². The summed E-state index contributed by atoms with van der Waals surface area (Å²) in [5.41, 5.74) is 1.65. The summed E-state index contributed by atoms with van der Waals surface area (Å²) in [5, 5.41) is -1.27. The number of halogens is 2. The second-order valence-corrected chi connectivity index (χ2v) is 13.3. The van der Waals surface area contributed by atoms with E-state index in [2.05, 4.69) is 0 Å². The predicted molar refractivity (Wildman–Crippen MR) is 138 cm³/mol. The number of fused-ring (bicyclic) bond motifs is 2. The monoisotopic (exact) mass is 590 g/mol. The van der Waals surface area contributed by atoms with Crippen LogP contribution in [0.5, 0.6) is 5.75 Å². The number of hydrogen-bond donors (Lipinski definition) is 1. The second-order valence-electron chi connectivity index (χ2n) is 8.76. The summed E-state index contributed by atoms with van der Waals surface area (Å²) in [6.45, 7) is 3.04. The van der Waals surface area contributed by atoms with E-state index < -0.39 is 30.7 Å². The van der Waals surface area contributed by atoms with Gasteiger partial charge in [0, 0.05) is 29.1 Å². The normalized spacial score (nSPS) is 16.7. The molecular weight excluding hydrogens is 567 g/mol. The highest BCUT2D eigenvalue weighted by Gasteiger charge is 2.32. The zero-order valence-corrected chi connectivity index (χ0v) is 22.9. The molecule has 1 aliphatic heterocycles. The minimum atomic E-state index is -4.48. The van der Waals surface area contributed by atoms with Crippen LogP contribution in [0.1, 0.15) is 32.6 Å². The van der Waals surface area contributed by atoms with Gasteiger partial charge in [0.15, 0.2) is 12.3 Å². The number of aryl methyl sites for hydroxylation is 1. The Morgan fingerprint density at radius 3 is 2.41 bits per heavy atom. The fraction of sp³-hybridized carbons (Fsp3) is 0.348. The van der Waals surface area contributed by atoms with Crippen LogP contribution in [0.15, 0.2) is 46.7 Å². The van der Waals surface area contributed by atoms with Crippen molar-refractivity contribution in [2.45, 2.75) is 43.7 Å². The van der Waals surface area contributed by atoms with Crippen molar-refractivity contribution in [3.05, 3.63) is 58.2 Å². The maximum absolute atomic E-state index is 11.6. The Morgan fingerprint density at radius 1 is 1.05 bits per heavy atom. The molecule has 0 radical (unpaired) electrons. The number of oxazole rings is 1. The lowest BCUT2D eigenvalue weighted by Gasteiger charge is -2.19. The molecule has 0 spiro atoms. The lowest BCUT2D eigenvalue weighted by Crippen LogP contribution is -2.38. The minimum absolute atomic E-state index is 0.0279. The molecule has 3 aromatic rings. The molecule has 2 unspecified atom stereocenters. The summed E-state index contributed by atoms with van der Waals surface area (Å²) in [6.07, 6.45) is 1.69. The summed E-state index contributed by atoms with van der Waals surface area (Å²) in [6, 6.07) is 9.96. The van der Waals surface area contributed by atoms with E-state index in [1.807, 2.05) is 0 Å². The zero-order valence-electron chi connectivity index (χ0n) is 19.8. The summed E-state index contributed by atoms with van der Waals surface area (Å²) in [7, 11) is -8.71. The fourth-order valence-corrected chi connectivity index (χ4v) is 4.98. The number of ether oxygens (including phenoxy) is 1. The predicted octanol–water partition coefficient (Wildman–Crippen LogP) is 4.21. The molecule has 0 amide bonds. The number of rotatable bonds is 9. The van der Waals surface area contributed by atoms with Gasteiger partial charge in [-0.1, -0.05) is 23.2 Å². The number of anilines is 1. The Kier molecular flexibility index (Phi) is 7.80. The van der Waals surface area contributed by atoms with Gasteiger partial charge in [-0.3, -0.25) is 4.55 Å². The molecule has 37 heavy (non-hydrogen) atoms. The molecule has 0 aliphatic carbocycles. The lowest BCUT2D eigenvalue weighted by molar-refractivity contribution is -0.678. The third kappa shape index (κ3) is 6.21. The highest BCUT2D eigenvalue weighted by molar-refractivity contribution is 7.86. The van der Waals surface area contributed by atoms with Crippen LogP contribution in [-0.2, 0) is 26.8 Å². The highest BCUT2D eigenvalue weighted by Crippen LogP contribution is 2.41. The van der Waals surface area contributed by atoms with E-state index in [1.54, 1.807) is 51.9 Å². The van der Waals surface area contributed by atoms with Crippen LogP contribution in [0.3, 0.4) is 0 Å². The van der Waals surface area contributed by atoms with Crippen LogP contribution in [0, 0.1) is 0 Å². The quantitative estimate of drug-likeness (QED) is 0.286. The van der Waals surface area contributed by atoms with Gasteiger partial charge < -0.3 is 18.6 Å². The lowest BCUT2D eigenvalue weighted by atomic mass is 10.2. The van der Waals surface area contributed by atoms with E-state index in [4.69, 9.17) is 32.4 Å². The molecule has 4 rings (SSSR count). The molecule has 2 aromatic carbocycles. The van der Waals surface area contributed by atoms with Crippen molar-refractivity contribution in [3.63, 3.8) is 0 Å². The van der Waals surface area contributed by atoms with Crippen LogP contribution in [0.2, 0.25) is 10.0 Å². The van der Waals surface area contributed by atoms with Gasteiger partial charge in [-0.2, -0.15) is 13.0 Å². The molecule has 14 heteroatoms. The van der Waals surface area contributed by atoms with E-state index >= 15 is 0 Å². The van der Waals surface area contributed by atoms with Gasteiger partial charge in [0.2, 0.25) is 11.5 Å². The van der Waals surface area contributed by atoms with Crippen molar-refractivity contribution in [1.29, 1.82) is 0 Å². The smallest absolute Gasteiger partial charge is 0.379 e. The van der Waals surface area contributed by atoms with E-state index in [0.717, 1.165) is 0 Å². The average Bonchev–Trinajstić information content (AvgIpc) is 3.31. The third-order valence-corrected chi connectivity index (χ3v) is 9.10. The summed E-state index contributed by atoms with van der Waals surface area (Å²) in [5.74, 6) is 1.06. The van der Waals surface area contributed by atoms with Gasteiger partial charge >= 0.3 is 5.89 Å². The number of hydrogen-bond acceptors (Lipinski definition) is 8. The summed E-state index contributed by atoms with van der Waals surface area (Å²) in [4.78, 5) is 1.71. The number of nitrogens with zero attached hydrogens (tertiary/aromatic N) is 2. The molecule has 0 saturated heterocycles. The number of benzene rings is 2. The molecule has 0 fully saturated rings. The largest absolute Gasteiger partial charge is 0.748 e. The Balaban J connectivity index is 1.76. The van der Waals surface area contributed by atoms with Gasteiger partial charge in [-0.05, 0) is 50.6 Å². The van der Waals surface area contributed by atoms with Crippen molar-refractivity contribution < 1.29 is 39.7 Å². The first-order valence-corrected chi connectivity index (χ1v) is 15.0. The van der Waals surface area contributed by atoms with E-state index in [9.17, 15) is 25.9 Å². The molecule has 0 saturated carbocycles. The topological polar surface area (TPSA) is 141 Å².